The number of phenols is 1. The molecule has 3 aromatic rings. The smallest absolute Gasteiger partial charge is 0.311 e. The maximum Gasteiger partial charge on any atom is 0.311 e. The molecule has 0 unspecified atom stereocenters. The van der Waals surface area contributed by atoms with Gasteiger partial charge in [-0.15, -0.1) is 0 Å². The van der Waals surface area contributed by atoms with E-state index in [0.717, 1.165) is 10.8 Å². The number of aliphatic hydroxyl groups excluding tert-OH is 1. The Balaban J connectivity index is 1.65. The lowest BCUT2D eigenvalue weighted by atomic mass is 9.83. The lowest BCUT2D eigenvalue weighted by Crippen LogP contribution is -2.50. The van der Waals surface area contributed by atoms with Crippen molar-refractivity contribution in [2.24, 2.45) is 0 Å². The van der Waals surface area contributed by atoms with Gasteiger partial charge in [-0.2, -0.15) is 0 Å². The summed E-state index contributed by atoms with van der Waals surface area (Å²) < 4.78 is 18.4. The number of aromatic hydroxyl groups is 1. The largest absolute Gasteiger partial charge is 0.507 e. The number of phenolic OH excluding ortho intramolecular Hbond substituents is 1. The molecule has 1 spiro atoms. The molecule has 0 radical (unpaired) electrons. The van der Waals surface area contributed by atoms with Gasteiger partial charge in [-0.05, 0) is 29.1 Å². The maximum absolute atomic E-state index is 10.5. The van der Waals surface area contributed by atoms with Gasteiger partial charge in [0.05, 0.1) is 10.9 Å². The van der Waals surface area contributed by atoms with E-state index in [0.29, 0.717) is 22.6 Å². The Morgan fingerprint density at radius 3 is 2.28 bits per heavy atom. The number of rotatable bonds is 0. The van der Waals surface area contributed by atoms with Crippen molar-refractivity contribution in [2.75, 3.05) is 0 Å². The number of hydrogen-bond acceptors (Lipinski definition) is 5. The molecule has 0 amide bonds. The normalized spacial score (nSPS) is 27.2. The van der Waals surface area contributed by atoms with Crippen LogP contribution >= 0.6 is 0 Å². The molecule has 0 bridgehead atoms. The third-order valence-electron chi connectivity index (χ3n) is 5.30. The lowest BCUT2D eigenvalue weighted by molar-refractivity contribution is -0.148. The molecule has 6 rings (SSSR count). The first-order chi connectivity index (χ1) is 12.2. The number of fused-ring (bicyclic) bond motifs is 4. The van der Waals surface area contributed by atoms with Gasteiger partial charge < -0.3 is 24.4 Å². The fraction of sp³-hybridized carbons (Fsp3) is 0.200. The van der Waals surface area contributed by atoms with Crippen LogP contribution < -0.4 is 9.47 Å². The van der Waals surface area contributed by atoms with Gasteiger partial charge in [-0.1, -0.05) is 36.4 Å². The van der Waals surface area contributed by atoms with Gasteiger partial charge in [0.1, 0.15) is 29.5 Å². The van der Waals surface area contributed by atoms with Crippen LogP contribution in [0.1, 0.15) is 17.2 Å². The Morgan fingerprint density at radius 2 is 1.56 bits per heavy atom. The molecule has 2 heterocycles. The van der Waals surface area contributed by atoms with Crippen molar-refractivity contribution in [2.45, 2.75) is 24.1 Å². The molecule has 0 saturated carbocycles. The van der Waals surface area contributed by atoms with Gasteiger partial charge in [0.2, 0.25) is 0 Å². The highest BCUT2D eigenvalue weighted by Crippen LogP contribution is 2.59. The zero-order chi connectivity index (χ0) is 16.8. The van der Waals surface area contributed by atoms with Crippen LogP contribution in [-0.4, -0.2) is 22.4 Å². The third-order valence-corrected chi connectivity index (χ3v) is 5.30. The number of epoxide rings is 1. The average molecular weight is 334 g/mol. The van der Waals surface area contributed by atoms with Crippen LogP contribution in [0.4, 0.5) is 0 Å². The van der Waals surface area contributed by atoms with Crippen LogP contribution in [-0.2, 0) is 10.5 Å². The highest BCUT2D eigenvalue weighted by Gasteiger charge is 2.69. The summed E-state index contributed by atoms with van der Waals surface area (Å²) in [5.41, 5.74) is 1.01. The summed E-state index contributed by atoms with van der Waals surface area (Å²) >= 11 is 0. The lowest BCUT2D eigenvalue weighted by Gasteiger charge is -2.41. The van der Waals surface area contributed by atoms with Crippen molar-refractivity contribution < 1.29 is 24.4 Å². The molecule has 3 atom stereocenters. The molecule has 1 fully saturated rings. The Morgan fingerprint density at radius 1 is 0.880 bits per heavy atom. The summed E-state index contributed by atoms with van der Waals surface area (Å²) in [6.45, 7) is 0. The quantitative estimate of drug-likeness (QED) is 0.619. The van der Waals surface area contributed by atoms with Gasteiger partial charge in [0.15, 0.2) is 6.10 Å². The van der Waals surface area contributed by atoms with Crippen molar-refractivity contribution in [3.05, 3.63) is 65.7 Å². The molecule has 3 aromatic carbocycles. The SMILES string of the molecule is Oc1cccc2c1C1(Oc3cccc4cccc(c34)O1)[C@@H]1O[C@@H]1[C@@H]2O. The Labute approximate surface area is 143 Å². The standard InChI is InChI=1S/C20H14O5/c21-12-7-3-6-11-16(12)20(19-18(23-19)17(11)22)24-13-8-1-4-10-5-2-9-14(25-20)15(10)13/h1-9,17-19,21-22H/t17-,18-,19-/m1/s1. The summed E-state index contributed by atoms with van der Waals surface area (Å²) in [4.78, 5) is 0. The molecule has 1 saturated heterocycles. The zero-order valence-corrected chi connectivity index (χ0v) is 13.0. The first-order valence-electron chi connectivity index (χ1n) is 8.25. The minimum Gasteiger partial charge on any atom is -0.507 e. The van der Waals surface area contributed by atoms with Crippen molar-refractivity contribution in [3.8, 4) is 17.2 Å². The molecule has 3 aliphatic rings. The van der Waals surface area contributed by atoms with E-state index in [1.54, 1.807) is 18.2 Å². The van der Waals surface area contributed by atoms with Gasteiger partial charge >= 0.3 is 5.79 Å². The van der Waals surface area contributed by atoms with Crippen molar-refractivity contribution >= 4 is 10.8 Å². The zero-order valence-electron chi connectivity index (χ0n) is 13.0. The summed E-state index contributed by atoms with van der Waals surface area (Å²) in [7, 11) is 0. The van der Waals surface area contributed by atoms with Crippen molar-refractivity contribution in [1.82, 2.24) is 0 Å². The monoisotopic (exact) mass is 334 g/mol. The molecular formula is C20H14O5. The molecule has 0 aromatic heterocycles. The van der Waals surface area contributed by atoms with Crippen LogP contribution in [0.5, 0.6) is 17.2 Å². The van der Waals surface area contributed by atoms with Crippen LogP contribution in [0.3, 0.4) is 0 Å². The Kier molecular flexibility index (Phi) is 2.30. The number of hydrogen-bond donors (Lipinski definition) is 2. The van der Waals surface area contributed by atoms with E-state index in [-0.39, 0.29) is 5.75 Å². The van der Waals surface area contributed by atoms with Gasteiger partial charge in [-0.3, -0.25) is 0 Å². The highest BCUT2D eigenvalue weighted by atomic mass is 16.8. The predicted molar refractivity (Wildman–Crippen MR) is 88.6 cm³/mol. The van der Waals surface area contributed by atoms with E-state index in [1.807, 2.05) is 36.4 Å². The van der Waals surface area contributed by atoms with E-state index in [1.165, 1.54) is 0 Å². The van der Waals surface area contributed by atoms with E-state index < -0.39 is 24.1 Å². The van der Waals surface area contributed by atoms with Crippen molar-refractivity contribution in [1.29, 1.82) is 0 Å². The second-order valence-electron chi connectivity index (χ2n) is 6.69. The summed E-state index contributed by atoms with van der Waals surface area (Å²) in [6, 6.07) is 16.7. The van der Waals surface area contributed by atoms with E-state index in [9.17, 15) is 10.2 Å². The average Bonchev–Trinajstić information content (AvgIpc) is 3.42. The van der Waals surface area contributed by atoms with E-state index in [2.05, 4.69) is 0 Å². The summed E-state index contributed by atoms with van der Waals surface area (Å²) in [5, 5.41) is 23.0. The first-order valence-corrected chi connectivity index (χ1v) is 8.25. The number of ether oxygens (including phenoxy) is 3. The molecule has 124 valence electrons. The minimum absolute atomic E-state index is 0.0251. The van der Waals surface area contributed by atoms with Crippen LogP contribution in [0.15, 0.2) is 54.6 Å². The molecule has 2 N–H and O–H groups in total. The Bertz CT molecular complexity index is 1000. The molecule has 1 aliphatic carbocycles. The summed E-state index contributed by atoms with van der Waals surface area (Å²) in [5.74, 6) is 0.0863. The molecule has 25 heavy (non-hydrogen) atoms. The molecular weight excluding hydrogens is 320 g/mol. The number of benzene rings is 3. The van der Waals surface area contributed by atoms with E-state index >= 15 is 0 Å². The van der Waals surface area contributed by atoms with Gasteiger partial charge in [0.25, 0.3) is 0 Å². The third kappa shape index (κ3) is 1.55. The van der Waals surface area contributed by atoms with Crippen LogP contribution in [0, 0.1) is 0 Å². The fourth-order valence-electron chi connectivity index (χ4n) is 4.18. The van der Waals surface area contributed by atoms with Gasteiger partial charge in [0, 0.05) is 0 Å². The maximum atomic E-state index is 10.5. The topological polar surface area (TPSA) is 71.5 Å². The molecule has 5 heteroatoms. The molecule has 5 nitrogen and oxygen atoms in total. The highest BCUT2D eigenvalue weighted by molar-refractivity contribution is 5.94. The van der Waals surface area contributed by atoms with Crippen LogP contribution in [0.25, 0.3) is 10.8 Å². The second-order valence-corrected chi connectivity index (χ2v) is 6.69. The second kappa shape index (κ2) is 4.25. The van der Waals surface area contributed by atoms with Crippen LogP contribution in [0.2, 0.25) is 0 Å². The first kappa shape index (κ1) is 13.5. The Hall–Kier alpha value is -2.76. The molecule has 2 aliphatic heterocycles. The van der Waals surface area contributed by atoms with Gasteiger partial charge in [-0.25, -0.2) is 0 Å². The minimum atomic E-state index is -1.30. The fourth-order valence-corrected chi connectivity index (χ4v) is 4.18. The van der Waals surface area contributed by atoms with E-state index in [4.69, 9.17) is 14.2 Å². The number of aliphatic hydroxyl groups is 1. The van der Waals surface area contributed by atoms with Crippen molar-refractivity contribution in [3.63, 3.8) is 0 Å². The predicted octanol–water partition coefficient (Wildman–Crippen LogP) is 2.98. The summed E-state index contributed by atoms with van der Waals surface area (Å²) in [6.07, 6.45) is -1.69.